The van der Waals surface area contributed by atoms with Crippen molar-refractivity contribution < 1.29 is 8.42 Å². The number of hydrogen-bond acceptors (Lipinski definition) is 4. The van der Waals surface area contributed by atoms with Crippen LogP contribution in [0.1, 0.15) is 19.0 Å². The zero-order valence-corrected chi connectivity index (χ0v) is 11.7. The van der Waals surface area contributed by atoms with Crippen LogP contribution in [0.15, 0.2) is 36.4 Å². The van der Waals surface area contributed by atoms with Crippen LogP contribution >= 0.6 is 0 Å². The minimum absolute atomic E-state index is 0.0119. The van der Waals surface area contributed by atoms with Crippen LogP contribution in [0.3, 0.4) is 0 Å². The number of aromatic nitrogens is 1. The van der Waals surface area contributed by atoms with Crippen molar-refractivity contribution in [2.75, 3.05) is 5.75 Å². The fraction of sp³-hybridized carbons (Fsp3) is 0.357. The highest BCUT2D eigenvalue weighted by atomic mass is 32.2. The van der Waals surface area contributed by atoms with Crippen molar-refractivity contribution in [1.82, 2.24) is 4.98 Å². The molecule has 0 saturated carbocycles. The van der Waals surface area contributed by atoms with Crippen LogP contribution in [-0.2, 0) is 15.6 Å². The number of rotatable bonds is 5. The average molecular weight is 278 g/mol. The molecule has 2 N–H and O–H groups in total. The smallest absolute Gasteiger partial charge is 0.157 e. The van der Waals surface area contributed by atoms with Gasteiger partial charge in [-0.3, -0.25) is 4.98 Å². The summed E-state index contributed by atoms with van der Waals surface area (Å²) in [5.74, 6) is -0.0382. The number of para-hydroxylation sites is 1. The molecule has 19 heavy (non-hydrogen) atoms. The Bertz CT molecular complexity index is 668. The molecule has 1 aromatic heterocycles. The molecule has 0 amide bonds. The number of nitrogens with two attached hydrogens (primary N) is 1. The van der Waals surface area contributed by atoms with E-state index in [4.69, 9.17) is 5.73 Å². The largest absolute Gasteiger partial charge is 0.327 e. The number of hydrogen-bond donors (Lipinski definition) is 1. The maximum absolute atomic E-state index is 12.0. The van der Waals surface area contributed by atoms with Gasteiger partial charge in [-0.15, -0.1) is 0 Å². The van der Waals surface area contributed by atoms with Crippen molar-refractivity contribution in [2.24, 2.45) is 5.73 Å². The summed E-state index contributed by atoms with van der Waals surface area (Å²) in [6, 6.07) is 11.0. The maximum atomic E-state index is 12.0. The van der Waals surface area contributed by atoms with E-state index < -0.39 is 9.84 Å². The number of pyridine rings is 1. The maximum Gasteiger partial charge on any atom is 0.157 e. The molecular formula is C14H18N2O2S. The molecule has 0 spiro atoms. The molecule has 0 saturated heterocycles. The Labute approximate surface area is 113 Å². The molecule has 0 aliphatic carbocycles. The van der Waals surface area contributed by atoms with Crippen molar-refractivity contribution in [2.45, 2.75) is 25.1 Å². The van der Waals surface area contributed by atoms with Gasteiger partial charge in [0.25, 0.3) is 0 Å². The van der Waals surface area contributed by atoms with Crippen LogP contribution < -0.4 is 5.73 Å². The molecule has 1 aromatic carbocycles. The minimum Gasteiger partial charge on any atom is -0.327 e. The zero-order chi connectivity index (χ0) is 13.9. The summed E-state index contributed by atoms with van der Waals surface area (Å²) in [6.45, 7) is 1.88. The Morgan fingerprint density at radius 2 is 1.95 bits per heavy atom. The summed E-state index contributed by atoms with van der Waals surface area (Å²) < 4.78 is 24.0. The molecule has 2 aromatic rings. The summed E-state index contributed by atoms with van der Waals surface area (Å²) in [5, 5.41) is 1.01. The quantitative estimate of drug-likeness (QED) is 0.906. The topological polar surface area (TPSA) is 73.1 Å². The van der Waals surface area contributed by atoms with Crippen LogP contribution in [0.2, 0.25) is 0 Å². The van der Waals surface area contributed by atoms with E-state index in [1.807, 2.05) is 37.3 Å². The summed E-state index contributed by atoms with van der Waals surface area (Å²) in [7, 11) is -3.20. The van der Waals surface area contributed by atoms with Crippen molar-refractivity contribution in [3.8, 4) is 0 Å². The Hall–Kier alpha value is -1.46. The van der Waals surface area contributed by atoms with Crippen molar-refractivity contribution >= 4 is 20.7 Å². The molecule has 0 bridgehead atoms. The molecule has 1 heterocycles. The summed E-state index contributed by atoms with van der Waals surface area (Å²) in [6.07, 6.45) is 0.657. The van der Waals surface area contributed by atoms with E-state index >= 15 is 0 Å². The Balaban J connectivity index is 2.21. The first-order valence-corrected chi connectivity index (χ1v) is 8.13. The number of fused-ring (bicyclic) bond motifs is 1. The normalized spacial score (nSPS) is 13.6. The average Bonchev–Trinajstić information content (AvgIpc) is 2.37. The SMILES string of the molecule is CCC(N)CS(=O)(=O)Cc1ccc2ccccc2n1. The summed E-state index contributed by atoms with van der Waals surface area (Å²) in [5.41, 5.74) is 7.09. The van der Waals surface area contributed by atoms with Crippen LogP contribution in [-0.4, -0.2) is 25.2 Å². The number of benzene rings is 1. The second-order valence-electron chi connectivity index (χ2n) is 4.72. The molecule has 1 unspecified atom stereocenters. The predicted molar refractivity (Wildman–Crippen MR) is 77.5 cm³/mol. The molecule has 1 atom stereocenters. The standard InChI is InChI=1S/C14H18N2O2S/c1-2-12(15)9-19(17,18)10-13-8-7-11-5-3-4-6-14(11)16-13/h3-8,12H,2,9-10,15H2,1H3. The third-order valence-electron chi connectivity index (χ3n) is 3.02. The first-order valence-electron chi connectivity index (χ1n) is 6.31. The molecule has 0 fully saturated rings. The van der Waals surface area contributed by atoms with Crippen LogP contribution in [0.25, 0.3) is 10.9 Å². The Morgan fingerprint density at radius 3 is 2.68 bits per heavy atom. The van der Waals surface area contributed by atoms with Gasteiger partial charge in [-0.25, -0.2) is 8.42 Å². The second kappa shape index (κ2) is 5.67. The van der Waals surface area contributed by atoms with Gasteiger partial charge in [-0.2, -0.15) is 0 Å². The van der Waals surface area contributed by atoms with Crippen LogP contribution in [0, 0.1) is 0 Å². The van der Waals surface area contributed by atoms with E-state index in [2.05, 4.69) is 4.98 Å². The van der Waals surface area contributed by atoms with Gasteiger partial charge >= 0.3 is 0 Å². The molecular weight excluding hydrogens is 260 g/mol. The Morgan fingerprint density at radius 1 is 1.21 bits per heavy atom. The van der Waals surface area contributed by atoms with Gasteiger partial charge in [0.1, 0.15) is 0 Å². The Kier molecular flexibility index (Phi) is 4.17. The zero-order valence-electron chi connectivity index (χ0n) is 10.9. The molecule has 4 nitrogen and oxygen atoms in total. The second-order valence-corrected chi connectivity index (χ2v) is 6.83. The van der Waals surface area contributed by atoms with Gasteiger partial charge in [-0.1, -0.05) is 31.2 Å². The number of nitrogens with zero attached hydrogens (tertiary/aromatic N) is 1. The van der Waals surface area contributed by atoms with Gasteiger partial charge in [0, 0.05) is 11.4 Å². The predicted octanol–water partition coefficient (Wildman–Crippen LogP) is 1.89. The lowest BCUT2D eigenvalue weighted by atomic mass is 10.2. The van der Waals surface area contributed by atoms with E-state index in [1.165, 1.54) is 0 Å². The van der Waals surface area contributed by atoms with Gasteiger partial charge in [-0.05, 0) is 18.6 Å². The fourth-order valence-corrected chi connectivity index (χ4v) is 3.53. The van der Waals surface area contributed by atoms with Crippen LogP contribution in [0.4, 0.5) is 0 Å². The van der Waals surface area contributed by atoms with E-state index in [1.54, 1.807) is 6.07 Å². The minimum atomic E-state index is -3.20. The summed E-state index contributed by atoms with van der Waals surface area (Å²) >= 11 is 0. The molecule has 2 rings (SSSR count). The third kappa shape index (κ3) is 3.75. The van der Waals surface area contributed by atoms with Crippen LogP contribution in [0.5, 0.6) is 0 Å². The molecule has 0 aliphatic heterocycles. The fourth-order valence-electron chi connectivity index (χ4n) is 1.92. The molecule has 102 valence electrons. The van der Waals surface area contributed by atoms with E-state index in [-0.39, 0.29) is 17.5 Å². The lowest BCUT2D eigenvalue weighted by molar-refractivity contribution is 0.582. The summed E-state index contributed by atoms with van der Waals surface area (Å²) in [4.78, 5) is 4.37. The third-order valence-corrected chi connectivity index (χ3v) is 4.69. The lowest BCUT2D eigenvalue weighted by Crippen LogP contribution is -2.29. The van der Waals surface area contributed by atoms with E-state index in [9.17, 15) is 8.42 Å². The van der Waals surface area contributed by atoms with E-state index in [0.717, 1.165) is 10.9 Å². The lowest BCUT2D eigenvalue weighted by Gasteiger charge is -2.09. The van der Waals surface area contributed by atoms with Gasteiger partial charge in [0.05, 0.1) is 22.7 Å². The van der Waals surface area contributed by atoms with Crippen molar-refractivity contribution in [3.63, 3.8) is 0 Å². The first-order chi connectivity index (χ1) is 9.00. The van der Waals surface area contributed by atoms with Crippen molar-refractivity contribution in [1.29, 1.82) is 0 Å². The molecule has 5 heteroatoms. The number of sulfone groups is 1. The monoisotopic (exact) mass is 278 g/mol. The molecule has 0 radical (unpaired) electrons. The van der Waals surface area contributed by atoms with Gasteiger partial charge < -0.3 is 5.73 Å². The van der Waals surface area contributed by atoms with Crippen molar-refractivity contribution in [3.05, 3.63) is 42.1 Å². The first kappa shape index (κ1) is 14.0. The highest BCUT2D eigenvalue weighted by Crippen LogP contribution is 2.14. The van der Waals surface area contributed by atoms with E-state index in [0.29, 0.717) is 12.1 Å². The molecule has 0 aliphatic rings. The highest BCUT2D eigenvalue weighted by molar-refractivity contribution is 7.90. The van der Waals surface area contributed by atoms with Gasteiger partial charge in [0.15, 0.2) is 9.84 Å². The van der Waals surface area contributed by atoms with Gasteiger partial charge in [0.2, 0.25) is 0 Å². The highest BCUT2D eigenvalue weighted by Gasteiger charge is 2.16.